The Morgan fingerprint density at radius 2 is 1.14 bits per heavy atom. The first kappa shape index (κ1) is 31.6. The van der Waals surface area contributed by atoms with Crippen LogP contribution in [-0.2, 0) is 6.54 Å². The molecule has 0 spiro atoms. The minimum Gasteiger partial charge on any atom is -0.491 e. The Morgan fingerprint density at radius 1 is 0.660 bits per heavy atom. The van der Waals surface area contributed by atoms with Gasteiger partial charge in [-0.3, -0.25) is 40.5 Å². The summed E-state index contributed by atoms with van der Waals surface area (Å²) in [4.78, 5) is 44.2. The van der Waals surface area contributed by atoms with E-state index in [9.17, 15) is 45.6 Å². The number of benzene rings is 5. The standard InChI is InChI=1S/C35H23N5O10/c41-23(18-36-30-7-3-1-5-25(30)26-6-2-4-8-31(26)36)19-50-24-11-9-20(10-12-24)13-27-28-14-21(37(42)43)16-32(39(46)47)34(28)35-29(27)15-22(38(44)45)17-33(35)40(48)49/h1-17,23,41H,18-19H2/t23-/m0/s1. The average molecular weight is 674 g/mol. The SMILES string of the molecule is O=[N+]([O-])c1cc2c(c([N+](=O)[O-])c1)-c1c(cc([N+](=O)[O-])cc1[N+](=O)[O-])C2=Cc1ccc(OC[C@@H](O)Cn2c3ccccc3c3ccccc32)cc1. The zero-order valence-corrected chi connectivity index (χ0v) is 25.7. The molecule has 7 rings (SSSR count). The number of para-hydroxylation sites is 2. The fourth-order valence-electron chi connectivity index (χ4n) is 6.46. The second kappa shape index (κ2) is 12.2. The van der Waals surface area contributed by atoms with Crippen molar-refractivity contribution in [2.75, 3.05) is 6.61 Å². The van der Waals surface area contributed by atoms with Crippen LogP contribution in [0.3, 0.4) is 0 Å². The van der Waals surface area contributed by atoms with Crippen LogP contribution in [0.25, 0.3) is 44.6 Å². The molecule has 0 saturated carbocycles. The van der Waals surface area contributed by atoms with Crippen molar-refractivity contribution < 1.29 is 29.5 Å². The molecular formula is C35H23N5O10. The summed E-state index contributed by atoms with van der Waals surface area (Å²) in [6.45, 7) is 0.232. The van der Waals surface area contributed by atoms with E-state index in [4.69, 9.17) is 4.74 Å². The van der Waals surface area contributed by atoms with Gasteiger partial charge < -0.3 is 14.4 Å². The number of nitro benzene ring substituents is 4. The van der Waals surface area contributed by atoms with E-state index in [0.717, 1.165) is 33.9 Å². The van der Waals surface area contributed by atoms with Crippen molar-refractivity contribution in [3.05, 3.63) is 154 Å². The van der Waals surface area contributed by atoms with Crippen LogP contribution in [0, 0.1) is 40.5 Å². The van der Waals surface area contributed by atoms with Crippen LogP contribution in [-0.4, -0.2) is 42.1 Å². The first-order valence-electron chi connectivity index (χ1n) is 15.0. The number of rotatable bonds is 10. The molecule has 0 amide bonds. The fraction of sp³-hybridized carbons (Fsp3) is 0.0857. The predicted molar refractivity (Wildman–Crippen MR) is 183 cm³/mol. The van der Waals surface area contributed by atoms with Gasteiger partial charge in [-0.25, -0.2) is 0 Å². The first-order chi connectivity index (χ1) is 24.0. The molecule has 5 aromatic carbocycles. The maximum absolute atomic E-state index is 12.1. The quantitative estimate of drug-likeness (QED) is 0.112. The highest BCUT2D eigenvalue weighted by Gasteiger charge is 2.40. The van der Waals surface area contributed by atoms with Crippen LogP contribution >= 0.6 is 0 Å². The lowest BCUT2D eigenvalue weighted by molar-refractivity contribution is -0.395. The van der Waals surface area contributed by atoms with E-state index < -0.39 is 48.5 Å². The molecule has 0 fully saturated rings. The number of aliphatic hydroxyl groups excluding tert-OH is 1. The number of fused-ring (bicyclic) bond motifs is 6. The third-order valence-corrected chi connectivity index (χ3v) is 8.56. The normalized spacial score (nSPS) is 12.4. The predicted octanol–water partition coefficient (Wildman–Crippen LogP) is 7.44. The highest BCUT2D eigenvalue weighted by atomic mass is 16.6. The topological polar surface area (TPSA) is 207 Å². The average Bonchev–Trinajstić information content (AvgIpc) is 3.59. The number of non-ortho nitro benzene ring substituents is 2. The number of aromatic nitrogens is 1. The molecule has 1 aromatic heterocycles. The second-order valence-corrected chi connectivity index (χ2v) is 11.5. The van der Waals surface area contributed by atoms with E-state index in [1.165, 1.54) is 6.08 Å². The zero-order chi connectivity index (χ0) is 35.3. The van der Waals surface area contributed by atoms with Crippen molar-refractivity contribution >= 4 is 56.2 Å². The van der Waals surface area contributed by atoms with Crippen molar-refractivity contribution in [2.45, 2.75) is 12.6 Å². The molecule has 0 unspecified atom stereocenters. The van der Waals surface area contributed by atoms with E-state index in [1.54, 1.807) is 24.3 Å². The molecule has 15 heteroatoms. The summed E-state index contributed by atoms with van der Waals surface area (Å²) in [5, 5.41) is 60.6. The maximum Gasteiger partial charge on any atom is 0.284 e. The molecule has 6 aromatic rings. The summed E-state index contributed by atoms with van der Waals surface area (Å²) in [5.41, 5.74) is -0.874. The molecular weight excluding hydrogens is 650 g/mol. The molecule has 0 bridgehead atoms. The summed E-state index contributed by atoms with van der Waals surface area (Å²) in [6.07, 6.45) is 0.604. The third kappa shape index (κ3) is 5.42. The Balaban J connectivity index is 1.21. The Bertz CT molecular complexity index is 2320. The summed E-state index contributed by atoms with van der Waals surface area (Å²) in [5.74, 6) is 0.401. The molecule has 1 atom stereocenters. The third-order valence-electron chi connectivity index (χ3n) is 8.56. The largest absolute Gasteiger partial charge is 0.491 e. The van der Waals surface area contributed by atoms with Crippen LogP contribution < -0.4 is 4.74 Å². The van der Waals surface area contributed by atoms with Gasteiger partial charge in [0, 0.05) is 45.1 Å². The number of hydrogen-bond acceptors (Lipinski definition) is 10. The van der Waals surface area contributed by atoms with E-state index in [0.29, 0.717) is 23.4 Å². The molecule has 50 heavy (non-hydrogen) atoms. The molecule has 1 aliphatic carbocycles. The van der Waals surface area contributed by atoms with Gasteiger partial charge in [0.1, 0.15) is 18.5 Å². The Hall–Kier alpha value is -7.00. The van der Waals surface area contributed by atoms with Gasteiger partial charge in [0.25, 0.3) is 22.7 Å². The van der Waals surface area contributed by atoms with Gasteiger partial charge in [0.2, 0.25) is 0 Å². The van der Waals surface area contributed by atoms with Gasteiger partial charge in [-0.1, -0.05) is 48.5 Å². The van der Waals surface area contributed by atoms with Gasteiger partial charge in [-0.15, -0.1) is 0 Å². The molecule has 15 nitrogen and oxygen atoms in total. The monoisotopic (exact) mass is 673 g/mol. The second-order valence-electron chi connectivity index (χ2n) is 11.5. The Morgan fingerprint density at radius 3 is 1.60 bits per heavy atom. The van der Waals surface area contributed by atoms with Gasteiger partial charge in [0.15, 0.2) is 0 Å². The van der Waals surface area contributed by atoms with E-state index >= 15 is 0 Å². The van der Waals surface area contributed by atoms with Gasteiger partial charge in [0.05, 0.1) is 49.5 Å². The van der Waals surface area contributed by atoms with Gasteiger partial charge in [-0.2, -0.15) is 0 Å². The fourth-order valence-corrected chi connectivity index (χ4v) is 6.46. The van der Waals surface area contributed by atoms with E-state index in [1.807, 2.05) is 53.1 Å². The molecule has 0 saturated heterocycles. The Kier molecular flexibility index (Phi) is 7.72. The van der Waals surface area contributed by atoms with Crippen molar-refractivity contribution in [3.8, 4) is 16.9 Å². The van der Waals surface area contributed by atoms with Crippen molar-refractivity contribution in [1.29, 1.82) is 0 Å². The van der Waals surface area contributed by atoms with Gasteiger partial charge >= 0.3 is 0 Å². The molecule has 1 heterocycles. The van der Waals surface area contributed by atoms with Crippen LogP contribution in [0.4, 0.5) is 22.7 Å². The van der Waals surface area contributed by atoms with Crippen LogP contribution in [0.15, 0.2) is 97.1 Å². The summed E-state index contributed by atoms with van der Waals surface area (Å²) < 4.78 is 7.90. The maximum atomic E-state index is 12.1. The number of aliphatic hydroxyl groups is 1. The van der Waals surface area contributed by atoms with Crippen LogP contribution in [0.5, 0.6) is 5.75 Å². The molecule has 1 N–H and O–H groups in total. The smallest absolute Gasteiger partial charge is 0.284 e. The van der Waals surface area contributed by atoms with Crippen molar-refractivity contribution in [1.82, 2.24) is 4.57 Å². The molecule has 1 aliphatic rings. The first-order valence-corrected chi connectivity index (χ1v) is 15.0. The lowest BCUT2D eigenvalue weighted by Gasteiger charge is -2.15. The highest BCUT2D eigenvalue weighted by Crippen LogP contribution is 2.55. The number of hydrogen-bond donors (Lipinski definition) is 1. The number of ether oxygens (including phenoxy) is 1. The van der Waals surface area contributed by atoms with Crippen LogP contribution in [0.1, 0.15) is 16.7 Å². The Labute approximate surface area is 280 Å². The zero-order valence-electron chi connectivity index (χ0n) is 25.7. The summed E-state index contributed by atoms with van der Waals surface area (Å²) >= 11 is 0. The summed E-state index contributed by atoms with van der Waals surface area (Å²) in [7, 11) is 0. The molecule has 0 aliphatic heterocycles. The summed E-state index contributed by atoms with van der Waals surface area (Å²) in [6, 6.07) is 25.8. The lowest BCUT2D eigenvalue weighted by Crippen LogP contribution is -2.23. The van der Waals surface area contributed by atoms with Gasteiger partial charge in [-0.05, 0) is 41.5 Å². The minimum absolute atomic E-state index is 0.0390. The minimum atomic E-state index is -0.883. The molecule has 248 valence electrons. The van der Waals surface area contributed by atoms with Crippen LogP contribution in [0.2, 0.25) is 0 Å². The van der Waals surface area contributed by atoms with E-state index in [2.05, 4.69) is 0 Å². The lowest BCUT2D eigenvalue weighted by atomic mass is 10.00. The highest BCUT2D eigenvalue weighted by molar-refractivity contribution is 6.12. The molecule has 0 radical (unpaired) electrons. The van der Waals surface area contributed by atoms with E-state index in [-0.39, 0.29) is 41.0 Å². The number of nitrogens with zero attached hydrogens (tertiary/aromatic N) is 5. The van der Waals surface area contributed by atoms with Crippen molar-refractivity contribution in [3.63, 3.8) is 0 Å². The number of nitro groups is 4. The van der Waals surface area contributed by atoms with Crippen molar-refractivity contribution in [2.24, 2.45) is 0 Å².